The first-order chi connectivity index (χ1) is 15.8. The van der Waals surface area contributed by atoms with E-state index < -0.39 is 40.3 Å². The second-order valence-corrected chi connectivity index (χ2v) is 8.01. The summed E-state index contributed by atoms with van der Waals surface area (Å²) in [7, 11) is 0. The van der Waals surface area contributed by atoms with Gasteiger partial charge in [0.1, 0.15) is 5.82 Å². The third kappa shape index (κ3) is 4.47. The zero-order valence-corrected chi connectivity index (χ0v) is 17.8. The number of rotatable bonds is 6. The topological polar surface area (TPSA) is 0 Å². The van der Waals surface area contributed by atoms with Crippen LogP contribution < -0.4 is 0 Å². The van der Waals surface area contributed by atoms with Gasteiger partial charge in [0.2, 0.25) is 0 Å². The fraction of sp³-hybridized carbons (Fsp3) is 0.185. The fourth-order valence-electron chi connectivity index (χ4n) is 4.01. The van der Waals surface area contributed by atoms with Crippen LogP contribution in [0, 0.1) is 34.9 Å². The van der Waals surface area contributed by atoms with Crippen molar-refractivity contribution in [2.45, 2.75) is 32.6 Å². The van der Waals surface area contributed by atoms with Gasteiger partial charge in [-0.2, -0.15) is 0 Å². The molecule has 6 heteroatoms. The van der Waals surface area contributed by atoms with Crippen LogP contribution in [0.25, 0.3) is 21.9 Å². The second kappa shape index (κ2) is 9.30. The van der Waals surface area contributed by atoms with Crippen LogP contribution in [0.5, 0.6) is 0 Å². The smallest absolute Gasteiger partial charge is 0.194 e. The van der Waals surface area contributed by atoms with Crippen molar-refractivity contribution in [2.75, 3.05) is 0 Å². The summed E-state index contributed by atoms with van der Waals surface area (Å²) in [6, 6.07) is 13.2. The fourth-order valence-corrected chi connectivity index (χ4v) is 4.01. The van der Waals surface area contributed by atoms with E-state index in [0.29, 0.717) is 5.56 Å². The third-order valence-electron chi connectivity index (χ3n) is 5.73. The monoisotopic (exact) mass is 458 g/mol. The third-order valence-corrected chi connectivity index (χ3v) is 5.73. The summed E-state index contributed by atoms with van der Waals surface area (Å²) in [4.78, 5) is 0. The summed E-state index contributed by atoms with van der Waals surface area (Å²) in [6.45, 7) is 2.05. The minimum atomic E-state index is -1.59. The minimum Gasteiger partial charge on any atom is -0.206 e. The number of halogens is 6. The molecule has 0 aliphatic rings. The van der Waals surface area contributed by atoms with Crippen molar-refractivity contribution in [3.05, 3.63) is 106 Å². The quantitative estimate of drug-likeness (QED) is 0.202. The SMILES string of the molecule is CCCc1ccc(-c2ccc3cc(CCc4cc(F)c(F)c(F)c4)c(F)c(F)c3c2F)cc1. The van der Waals surface area contributed by atoms with Crippen molar-refractivity contribution < 1.29 is 26.3 Å². The first kappa shape index (κ1) is 22.9. The van der Waals surface area contributed by atoms with Crippen LogP contribution in [-0.2, 0) is 19.3 Å². The van der Waals surface area contributed by atoms with E-state index in [1.165, 1.54) is 18.2 Å². The zero-order chi connectivity index (χ0) is 23.7. The van der Waals surface area contributed by atoms with Gasteiger partial charge in [-0.15, -0.1) is 0 Å². The van der Waals surface area contributed by atoms with Crippen LogP contribution in [-0.4, -0.2) is 0 Å². The van der Waals surface area contributed by atoms with E-state index in [-0.39, 0.29) is 34.9 Å². The molecule has 4 aromatic rings. The van der Waals surface area contributed by atoms with Crippen LogP contribution in [0.3, 0.4) is 0 Å². The summed E-state index contributed by atoms with van der Waals surface area (Å²) in [5, 5.41) is -0.283. The first-order valence-corrected chi connectivity index (χ1v) is 10.6. The normalized spacial score (nSPS) is 11.4. The minimum absolute atomic E-state index is 0.0549. The van der Waals surface area contributed by atoms with Crippen LogP contribution in [0.2, 0.25) is 0 Å². The largest absolute Gasteiger partial charge is 0.206 e. The van der Waals surface area contributed by atoms with Crippen molar-refractivity contribution in [1.82, 2.24) is 0 Å². The predicted molar refractivity (Wildman–Crippen MR) is 117 cm³/mol. The van der Waals surface area contributed by atoms with Crippen LogP contribution in [0.1, 0.15) is 30.0 Å². The van der Waals surface area contributed by atoms with E-state index >= 15 is 4.39 Å². The van der Waals surface area contributed by atoms with Crippen LogP contribution in [0.15, 0.2) is 54.6 Å². The summed E-state index contributed by atoms with van der Waals surface area (Å²) in [6.07, 6.45) is 1.70. The number of fused-ring (bicyclic) bond motifs is 1. The molecule has 33 heavy (non-hydrogen) atoms. The molecule has 0 aromatic heterocycles. The van der Waals surface area contributed by atoms with Crippen molar-refractivity contribution in [3.8, 4) is 11.1 Å². The molecule has 0 saturated heterocycles. The molecular formula is C27H20F6. The van der Waals surface area contributed by atoms with E-state index in [4.69, 9.17) is 0 Å². The summed E-state index contributed by atoms with van der Waals surface area (Å²) in [5.41, 5.74) is 1.85. The zero-order valence-electron chi connectivity index (χ0n) is 17.8. The molecule has 0 fully saturated rings. The van der Waals surface area contributed by atoms with Crippen LogP contribution >= 0.6 is 0 Å². The molecule has 0 bridgehead atoms. The lowest BCUT2D eigenvalue weighted by Gasteiger charge is -2.12. The number of benzene rings is 4. The average molecular weight is 458 g/mol. The van der Waals surface area contributed by atoms with Gasteiger partial charge >= 0.3 is 0 Å². The highest BCUT2D eigenvalue weighted by Crippen LogP contribution is 2.33. The molecule has 0 nitrogen and oxygen atoms in total. The van der Waals surface area contributed by atoms with E-state index in [1.54, 1.807) is 12.1 Å². The van der Waals surface area contributed by atoms with Gasteiger partial charge in [0, 0.05) is 5.56 Å². The summed E-state index contributed by atoms with van der Waals surface area (Å²) >= 11 is 0. The Morgan fingerprint density at radius 1 is 0.576 bits per heavy atom. The maximum absolute atomic E-state index is 15.2. The summed E-state index contributed by atoms with van der Waals surface area (Å²) in [5.74, 6) is -7.70. The Labute approximate surface area is 187 Å². The van der Waals surface area contributed by atoms with Gasteiger partial charge in [-0.3, -0.25) is 0 Å². The lowest BCUT2D eigenvalue weighted by molar-refractivity contribution is 0.445. The first-order valence-electron chi connectivity index (χ1n) is 10.6. The molecule has 0 heterocycles. The highest BCUT2D eigenvalue weighted by atomic mass is 19.2. The predicted octanol–water partition coefficient (Wildman–Crippen LogP) is 8.08. The Hall–Kier alpha value is -3.28. The van der Waals surface area contributed by atoms with Gasteiger partial charge in [-0.25, -0.2) is 26.3 Å². The van der Waals surface area contributed by atoms with Gasteiger partial charge in [0.05, 0.1) is 5.39 Å². The van der Waals surface area contributed by atoms with Gasteiger partial charge < -0.3 is 0 Å². The molecular weight excluding hydrogens is 438 g/mol. The molecule has 0 radical (unpaired) electrons. The molecule has 0 N–H and O–H groups in total. The highest BCUT2D eigenvalue weighted by Gasteiger charge is 2.20. The second-order valence-electron chi connectivity index (χ2n) is 8.01. The van der Waals surface area contributed by atoms with Crippen molar-refractivity contribution in [2.24, 2.45) is 0 Å². The molecule has 170 valence electrons. The Balaban J connectivity index is 1.68. The van der Waals surface area contributed by atoms with E-state index in [2.05, 4.69) is 6.92 Å². The van der Waals surface area contributed by atoms with Crippen molar-refractivity contribution >= 4 is 10.8 Å². The Morgan fingerprint density at radius 3 is 1.88 bits per heavy atom. The molecule has 4 rings (SSSR count). The lowest BCUT2D eigenvalue weighted by Crippen LogP contribution is -2.02. The van der Waals surface area contributed by atoms with E-state index in [1.807, 2.05) is 12.1 Å². The molecule has 0 spiro atoms. The highest BCUT2D eigenvalue weighted by molar-refractivity contribution is 5.89. The number of aryl methyl sites for hydroxylation is 3. The lowest BCUT2D eigenvalue weighted by atomic mass is 9.95. The molecule has 0 aliphatic carbocycles. The molecule has 0 unspecified atom stereocenters. The van der Waals surface area contributed by atoms with Gasteiger partial charge in [0.15, 0.2) is 29.1 Å². The van der Waals surface area contributed by atoms with Gasteiger partial charge in [0.25, 0.3) is 0 Å². The molecule has 0 saturated carbocycles. The van der Waals surface area contributed by atoms with Crippen molar-refractivity contribution in [1.29, 1.82) is 0 Å². The Kier molecular flexibility index (Phi) is 6.45. The van der Waals surface area contributed by atoms with Crippen molar-refractivity contribution in [3.63, 3.8) is 0 Å². The van der Waals surface area contributed by atoms with Crippen LogP contribution in [0.4, 0.5) is 26.3 Å². The standard InChI is InChI=1S/C27H20F6/c1-2-3-15-4-7-17(8-5-15)20-11-10-18-14-19(24(30)27(33)23(18)25(20)31)9-6-16-12-21(28)26(32)22(29)13-16/h4-5,7-8,10-14H,2-3,6,9H2,1H3. The Morgan fingerprint density at radius 2 is 1.24 bits per heavy atom. The maximum Gasteiger partial charge on any atom is 0.194 e. The van der Waals surface area contributed by atoms with E-state index in [9.17, 15) is 22.0 Å². The molecule has 4 aromatic carbocycles. The molecule has 0 atom stereocenters. The summed E-state index contributed by atoms with van der Waals surface area (Å²) < 4.78 is 84.8. The number of hydrogen-bond donors (Lipinski definition) is 0. The average Bonchev–Trinajstić information content (AvgIpc) is 2.79. The molecule has 0 amide bonds. The van der Waals surface area contributed by atoms with E-state index in [0.717, 1.165) is 30.5 Å². The van der Waals surface area contributed by atoms with Gasteiger partial charge in [-0.05, 0) is 65.1 Å². The van der Waals surface area contributed by atoms with Gasteiger partial charge in [-0.1, -0.05) is 49.7 Å². The maximum atomic E-state index is 15.2. The number of hydrogen-bond acceptors (Lipinski definition) is 0. The Bertz CT molecular complexity index is 1300. The molecule has 0 aliphatic heterocycles.